The first-order valence-corrected chi connectivity index (χ1v) is 9.60. The molecule has 4 bridgehead atoms. The smallest absolute Gasteiger partial charge is 0.0781 e. The van der Waals surface area contributed by atoms with Gasteiger partial charge in [-0.15, -0.1) is 0 Å². The number of hydrogen-bond donors (Lipinski definition) is 3. The van der Waals surface area contributed by atoms with E-state index in [4.69, 9.17) is 14.2 Å². The minimum atomic E-state index is 0.136. The third-order valence-electron chi connectivity index (χ3n) is 5.99. The van der Waals surface area contributed by atoms with Crippen molar-refractivity contribution in [1.82, 2.24) is 21.3 Å². The van der Waals surface area contributed by atoms with E-state index >= 15 is 0 Å². The summed E-state index contributed by atoms with van der Waals surface area (Å²) in [6, 6.07) is 1.13. The number of fused-ring (bicyclic) bond motifs is 4. The van der Waals surface area contributed by atoms with Crippen LogP contribution in [0.2, 0.25) is 0 Å². The standard InChI is InChI=1S/C17H32N4O3/c1-12-11-24-14-2-3-16-15(8-14)17(20-19-16)13-9-18-21(10-13)4-5-22-6-7-23-12/h12-20H,2-11H2,1H3/t12-,13?,14?,15?,16?,17?/m1/s1. The second-order valence-electron chi connectivity index (χ2n) is 7.72. The fourth-order valence-electron chi connectivity index (χ4n) is 4.64. The van der Waals surface area contributed by atoms with Gasteiger partial charge in [0.2, 0.25) is 0 Å². The number of nitrogens with zero attached hydrogens (tertiary/aromatic N) is 1. The molecule has 3 N–H and O–H groups in total. The Morgan fingerprint density at radius 1 is 1.04 bits per heavy atom. The highest BCUT2D eigenvalue weighted by Gasteiger charge is 2.45. The maximum Gasteiger partial charge on any atom is 0.0781 e. The summed E-state index contributed by atoms with van der Waals surface area (Å²) in [7, 11) is 0. The lowest BCUT2D eigenvalue weighted by Gasteiger charge is -2.35. The Morgan fingerprint density at radius 2 is 2.00 bits per heavy atom. The zero-order chi connectivity index (χ0) is 16.4. The Morgan fingerprint density at radius 3 is 2.96 bits per heavy atom. The lowest BCUT2D eigenvalue weighted by atomic mass is 9.76. The Hall–Kier alpha value is -0.280. The van der Waals surface area contributed by atoms with Gasteiger partial charge in [-0.2, -0.15) is 0 Å². The third-order valence-corrected chi connectivity index (χ3v) is 5.99. The largest absolute Gasteiger partial charge is 0.378 e. The van der Waals surface area contributed by atoms with E-state index in [1.165, 1.54) is 6.42 Å². The maximum absolute atomic E-state index is 6.18. The molecular weight excluding hydrogens is 308 g/mol. The van der Waals surface area contributed by atoms with Crippen LogP contribution in [-0.4, -0.2) is 75.4 Å². The van der Waals surface area contributed by atoms with Crippen LogP contribution in [0.15, 0.2) is 0 Å². The van der Waals surface area contributed by atoms with Crippen molar-refractivity contribution in [1.29, 1.82) is 0 Å². The molecular formula is C17H32N4O3. The molecule has 3 saturated heterocycles. The summed E-state index contributed by atoms with van der Waals surface area (Å²) in [5.41, 5.74) is 10.7. The highest BCUT2D eigenvalue weighted by atomic mass is 16.6. The van der Waals surface area contributed by atoms with Gasteiger partial charge in [-0.3, -0.25) is 16.3 Å². The molecule has 4 rings (SSSR count). The molecule has 0 radical (unpaired) electrons. The van der Waals surface area contributed by atoms with Crippen molar-refractivity contribution in [2.45, 2.75) is 50.5 Å². The number of ether oxygens (including phenoxy) is 3. The van der Waals surface area contributed by atoms with Gasteiger partial charge in [-0.25, -0.2) is 5.01 Å². The van der Waals surface area contributed by atoms with Gasteiger partial charge in [-0.1, -0.05) is 0 Å². The van der Waals surface area contributed by atoms with E-state index in [0.29, 0.717) is 49.8 Å². The zero-order valence-electron chi connectivity index (χ0n) is 14.7. The van der Waals surface area contributed by atoms with Gasteiger partial charge >= 0.3 is 0 Å². The van der Waals surface area contributed by atoms with Crippen molar-refractivity contribution < 1.29 is 14.2 Å². The van der Waals surface area contributed by atoms with Crippen LogP contribution in [0, 0.1) is 11.8 Å². The van der Waals surface area contributed by atoms with Crippen LogP contribution in [0.1, 0.15) is 26.2 Å². The predicted octanol–water partition coefficient (Wildman–Crippen LogP) is -0.112. The highest BCUT2D eigenvalue weighted by molar-refractivity contribution is 5.00. The zero-order valence-corrected chi connectivity index (χ0v) is 14.7. The summed E-state index contributed by atoms with van der Waals surface area (Å²) in [5.74, 6) is 1.30. The Labute approximate surface area is 144 Å². The normalized spacial score (nSPS) is 47.6. The van der Waals surface area contributed by atoms with Crippen molar-refractivity contribution >= 4 is 0 Å². The maximum atomic E-state index is 6.18. The van der Waals surface area contributed by atoms with Crippen molar-refractivity contribution in [3.63, 3.8) is 0 Å². The van der Waals surface area contributed by atoms with E-state index in [1.807, 2.05) is 0 Å². The lowest BCUT2D eigenvalue weighted by Crippen LogP contribution is -2.42. The fourth-order valence-corrected chi connectivity index (χ4v) is 4.64. The van der Waals surface area contributed by atoms with Gasteiger partial charge in [0.05, 0.1) is 38.6 Å². The van der Waals surface area contributed by atoms with Crippen LogP contribution in [0.3, 0.4) is 0 Å². The average Bonchev–Trinajstić information content (AvgIpc) is 3.21. The summed E-state index contributed by atoms with van der Waals surface area (Å²) < 4.78 is 17.7. The lowest BCUT2D eigenvalue weighted by molar-refractivity contribution is -0.0665. The quantitative estimate of drug-likeness (QED) is 0.568. The molecule has 4 fully saturated rings. The molecule has 138 valence electrons. The summed E-state index contributed by atoms with van der Waals surface area (Å²) in [6.45, 7) is 7.90. The summed E-state index contributed by atoms with van der Waals surface area (Å²) in [6.07, 6.45) is 4.01. The topological polar surface area (TPSA) is 67.0 Å². The minimum Gasteiger partial charge on any atom is -0.378 e. The fraction of sp³-hybridized carbons (Fsp3) is 1.00. The number of nitrogens with one attached hydrogen (secondary N) is 3. The van der Waals surface area contributed by atoms with Crippen molar-refractivity contribution in [2.24, 2.45) is 11.8 Å². The first-order chi connectivity index (χ1) is 11.8. The van der Waals surface area contributed by atoms with Crippen LogP contribution >= 0.6 is 0 Å². The molecule has 1 saturated carbocycles. The molecule has 0 spiro atoms. The molecule has 3 heterocycles. The van der Waals surface area contributed by atoms with Gasteiger partial charge < -0.3 is 14.2 Å². The SMILES string of the molecule is C[C@@H]1COC2CCC3NNC(C4CNN(CCOCCO1)C4)C3C2. The molecule has 24 heavy (non-hydrogen) atoms. The van der Waals surface area contributed by atoms with Gasteiger partial charge in [-0.05, 0) is 32.1 Å². The van der Waals surface area contributed by atoms with Crippen molar-refractivity contribution in [2.75, 3.05) is 46.1 Å². The summed E-state index contributed by atoms with van der Waals surface area (Å²) >= 11 is 0. The Kier molecular flexibility index (Phi) is 5.68. The molecule has 1 aliphatic carbocycles. The van der Waals surface area contributed by atoms with E-state index in [0.717, 1.165) is 39.1 Å². The molecule has 4 aliphatic rings. The van der Waals surface area contributed by atoms with E-state index in [-0.39, 0.29) is 6.10 Å². The van der Waals surface area contributed by atoms with Crippen LogP contribution in [0.4, 0.5) is 0 Å². The Balaban J connectivity index is 1.41. The van der Waals surface area contributed by atoms with Crippen molar-refractivity contribution in [3.05, 3.63) is 0 Å². The number of hydrazine groups is 2. The second kappa shape index (κ2) is 7.95. The molecule has 7 atom stereocenters. The summed E-state index contributed by atoms with van der Waals surface area (Å²) in [4.78, 5) is 0. The van der Waals surface area contributed by atoms with Gasteiger partial charge in [0.25, 0.3) is 0 Å². The molecule has 0 aromatic rings. The highest BCUT2D eigenvalue weighted by Crippen LogP contribution is 2.35. The predicted molar refractivity (Wildman–Crippen MR) is 90.2 cm³/mol. The first-order valence-electron chi connectivity index (χ1n) is 9.60. The van der Waals surface area contributed by atoms with Gasteiger partial charge in [0.15, 0.2) is 0 Å². The third kappa shape index (κ3) is 3.93. The van der Waals surface area contributed by atoms with Gasteiger partial charge in [0, 0.05) is 37.6 Å². The van der Waals surface area contributed by atoms with Gasteiger partial charge in [0.1, 0.15) is 0 Å². The number of rotatable bonds is 0. The average molecular weight is 340 g/mol. The molecule has 3 aliphatic heterocycles. The van der Waals surface area contributed by atoms with E-state index in [2.05, 4.69) is 28.2 Å². The monoisotopic (exact) mass is 340 g/mol. The molecule has 0 amide bonds. The Bertz CT molecular complexity index is 413. The molecule has 7 heteroatoms. The number of hydrogen-bond acceptors (Lipinski definition) is 7. The van der Waals surface area contributed by atoms with Crippen LogP contribution in [-0.2, 0) is 14.2 Å². The van der Waals surface area contributed by atoms with E-state index < -0.39 is 0 Å². The summed E-state index contributed by atoms with van der Waals surface area (Å²) in [5, 5.41) is 2.31. The second-order valence-corrected chi connectivity index (χ2v) is 7.72. The van der Waals surface area contributed by atoms with Crippen molar-refractivity contribution in [3.8, 4) is 0 Å². The first kappa shape index (κ1) is 17.1. The van der Waals surface area contributed by atoms with E-state index in [9.17, 15) is 0 Å². The van der Waals surface area contributed by atoms with E-state index in [1.54, 1.807) is 0 Å². The molecule has 0 aromatic carbocycles. The molecule has 7 nitrogen and oxygen atoms in total. The van der Waals surface area contributed by atoms with Crippen LogP contribution in [0.25, 0.3) is 0 Å². The van der Waals surface area contributed by atoms with Crippen LogP contribution < -0.4 is 16.3 Å². The van der Waals surface area contributed by atoms with Crippen LogP contribution in [0.5, 0.6) is 0 Å². The molecule has 0 aromatic heterocycles. The minimum absolute atomic E-state index is 0.136. The molecule has 6 unspecified atom stereocenters.